The zero-order valence-electron chi connectivity index (χ0n) is 19.2. The Labute approximate surface area is 187 Å². The Balaban J connectivity index is 1.76. The fourth-order valence-corrected chi connectivity index (χ4v) is 4.90. The molecule has 164 valence electrons. The van der Waals surface area contributed by atoms with Crippen LogP contribution < -0.4 is 16.1 Å². The molecule has 5 heteroatoms. The Kier molecular flexibility index (Phi) is 4.55. The third-order valence-electron chi connectivity index (χ3n) is 6.69. The maximum absolute atomic E-state index is 13.6. The number of anilines is 2. The fourth-order valence-electron chi connectivity index (χ4n) is 4.90. The molecule has 1 aliphatic carbocycles. The molecule has 0 fully saturated rings. The number of ketones is 1. The van der Waals surface area contributed by atoms with E-state index in [0.717, 1.165) is 34.6 Å². The average molecular weight is 429 g/mol. The molecule has 2 N–H and O–H groups in total. The minimum atomic E-state index is -0.578. The Morgan fingerprint density at radius 3 is 2.44 bits per heavy atom. The summed E-state index contributed by atoms with van der Waals surface area (Å²) in [7, 11) is 0. The summed E-state index contributed by atoms with van der Waals surface area (Å²) < 4.78 is 5.87. The maximum atomic E-state index is 13.6. The minimum Gasteiger partial charge on any atom is -0.464 e. The van der Waals surface area contributed by atoms with E-state index in [1.165, 1.54) is 11.8 Å². The number of allylic oxidation sites excluding steroid dienone is 1. The van der Waals surface area contributed by atoms with Crippen molar-refractivity contribution >= 4 is 28.1 Å². The molecule has 5 rings (SSSR count). The molecule has 3 aromatic rings. The number of Topliss-reactive ketones (excluding diaryl/α,β-unsaturated/α-hetero) is 1. The number of benzene rings is 2. The van der Waals surface area contributed by atoms with Gasteiger partial charge in [0.25, 0.3) is 0 Å². The van der Waals surface area contributed by atoms with Crippen LogP contribution in [0.15, 0.2) is 57.1 Å². The van der Waals surface area contributed by atoms with Gasteiger partial charge in [-0.25, -0.2) is 0 Å². The number of aryl methyl sites for hydroxylation is 3. The van der Waals surface area contributed by atoms with E-state index in [1.54, 1.807) is 0 Å². The number of carbonyl (C=O) groups excluding carboxylic acids is 1. The van der Waals surface area contributed by atoms with Crippen LogP contribution in [0.5, 0.6) is 0 Å². The van der Waals surface area contributed by atoms with E-state index in [1.807, 2.05) is 25.1 Å². The molecule has 0 unspecified atom stereocenters. The molecule has 2 aliphatic rings. The van der Waals surface area contributed by atoms with Crippen molar-refractivity contribution in [3.63, 3.8) is 0 Å². The molecule has 32 heavy (non-hydrogen) atoms. The van der Waals surface area contributed by atoms with Crippen molar-refractivity contribution in [2.24, 2.45) is 5.41 Å². The predicted octanol–water partition coefficient (Wildman–Crippen LogP) is 5.94. The highest BCUT2D eigenvalue weighted by molar-refractivity contribution is 6.01. The highest BCUT2D eigenvalue weighted by atomic mass is 16.3. The summed E-state index contributed by atoms with van der Waals surface area (Å²) in [5.74, 6) is 0.0613. The number of carbonyl (C=O) groups is 1. The smallest absolute Gasteiger partial charge is 0.198 e. The molecule has 0 amide bonds. The molecule has 0 saturated carbocycles. The number of nitrogens with one attached hydrogen (secondary N) is 2. The summed E-state index contributed by atoms with van der Waals surface area (Å²) in [5.41, 5.74) is 7.37. The Hall–Kier alpha value is -3.34. The normalized spacial score (nSPS) is 19.7. The van der Waals surface area contributed by atoms with Crippen LogP contribution in [0.25, 0.3) is 11.0 Å². The maximum Gasteiger partial charge on any atom is 0.198 e. The highest BCUT2D eigenvalue weighted by Crippen LogP contribution is 2.45. The van der Waals surface area contributed by atoms with Crippen LogP contribution in [0.4, 0.5) is 11.4 Å². The molecular formula is C27H28N2O3. The lowest BCUT2D eigenvalue weighted by atomic mass is 9.73. The monoisotopic (exact) mass is 428 g/mol. The van der Waals surface area contributed by atoms with E-state index in [4.69, 9.17) is 4.42 Å². The molecule has 2 aromatic carbocycles. The second-order valence-electron chi connectivity index (χ2n) is 10.0. The van der Waals surface area contributed by atoms with Gasteiger partial charge in [0, 0.05) is 17.7 Å². The van der Waals surface area contributed by atoms with Gasteiger partial charge in [-0.15, -0.1) is 0 Å². The number of hydrogen-bond acceptors (Lipinski definition) is 5. The molecular weight excluding hydrogens is 400 g/mol. The lowest BCUT2D eigenvalue weighted by Gasteiger charge is -2.33. The molecule has 2 heterocycles. The third-order valence-corrected chi connectivity index (χ3v) is 6.69. The van der Waals surface area contributed by atoms with Crippen LogP contribution in [-0.4, -0.2) is 5.78 Å². The van der Waals surface area contributed by atoms with Crippen LogP contribution in [0.1, 0.15) is 55.0 Å². The molecule has 5 nitrogen and oxygen atoms in total. The molecule has 0 saturated heterocycles. The van der Waals surface area contributed by atoms with E-state index in [9.17, 15) is 9.59 Å². The van der Waals surface area contributed by atoms with Gasteiger partial charge in [0.2, 0.25) is 0 Å². The first-order valence-electron chi connectivity index (χ1n) is 11.1. The van der Waals surface area contributed by atoms with E-state index in [2.05, 4.69) is 50.5 Å². The number of rotatable bonds is 1. The predicted molar refractivity (Wildman–Crippen MR) is 128 cm³/mol. The summed E-state index contributed by atoms with van der Waals surface area (Å²) in [4.78, 5) is 27.0. The first-order valence-corrected chi connectivity index (χ1v) is 11.1. The molecule has 0 radical (unpaired) electrons. The van der Waals surface area contributed by atoms with Gasteiger partial charge in [-0.3, -0.25) is 9.59 Å². The topological polar surface area (TPSA) is 71.3 Å². The third kappa shape index (κ3) is 3.32. The lowest BCUT2D eigenvalue weighted by molar-refractivity contribution is -0.118. The number of hydrogen-bond donors (Lipinski definition) is 2. The van der Waals surface area contributed by atoms with Crippen molar-refractivity contribution in [2.45, 2.75) is 53.5 Å². The van der Waals surface area contributed by atoms with Crippen LogP contribution in [0.2, 0.25) is 0 Å². The van der Waals surface area contributed by atoms with E-state index in [0.29, 0.717) is 28.5 Å². The van der Waals surface area contributed by atoms with Crippen LogP contribution in [0.3, 0.4) is 0 Å². The largest absolute Gasteiger partial charge is 0.464 e. The van der Waals surface area contributed by atoms with Gasteiger partial charge in [-0.1, -0.05) is 25.5 Å². The molecule has 0 spiro atoms. The van der Waals surface area contributed by atoms with Gasteiger partial charge in [0.05, 0.1) is 28.4 Å². The molecule has 1 aromatic heterocycles. The zero-order valence-corrected chi connectivity index (χ0v) is 19.2. The van der Waals surface area contributed by atoms with Gasteiger partial charge in [0.15, 0.2) is 11.2 Å². The Morgan fingerprint density at radius 1 is 0.969 bits per heavy atom. The van der Waals surface area contributed by atoms with Crippen molar-refractivity contribution < 1.29 is 9.21 Å². The second-order valence-corrected chi connectivity index (χ2v) is 10.0. The minimum absolute atomic E-state index is 0.0613. The number of fused-ring (bicyclic) bond motifs is 2. The standard InChI is InChI=1S/C27H28N2O3/c1-14-6-7-23-17(8-14)26(31)18(13-32-23)25-24-21(11-27(4,5)12-22(24)30)28-19-9-15(2)16(3)10-20(19)29-25/h6-10,13,25,28-29H,11-12H2,1-5H3/t25-/m0/s1. The second kappa shape index (κ2) is 7.09. The zero-order chi connectivity index (χ0) is 22.8. The van der Waals surface area contributed by atoms with Gasteiger partial charge < -0.3 is 15.1 Å². The van der Waals surface area contributed by atoms with E-state index >= 15 is 0 Å². The molecule has 1 atom stereocenters. The van der Waals surface area contributed by atoms with Crippen molar-refractivity contribution in [1.82, 2.24) is 0 Å². The fraction of sp³-hybridized carbons (Fsp3) is 0.333. The molecule has 1 aliphatic heterocycles. The van der Waals surface area contributed by atoms with Crippen molar-refractivity contribution in [2.75, 3.05) is 10.6 Å². The van der Waals surface area contributed by atoms with Gasteiger partial charge in [0.1, 0.15) is 11.8 Å². The lowest BCUT2D eigenvalue weighted by Crippen LogP contribution is -2.33. The average Bonchev–Trinajstić information content (AvgIpc) is 2.84. The first-order chi connectivity index (χ1) is 15.1. The van der Waals surface area contributed by atoms with E-state index in [-0.39, 0.29) is 16.6 Å². The van der Waals surface area contributed by atoms with Crippen LogP contribution >= 0.6 is 0 Å². The van der Waals surface area contributed by atoms with Crippen molar-refractivity contribution in [3.05, 3.63) is 80.3 Å². The van der Waals surface area contributed by atoms with E-state index < -0.39 is 6.04 Å². The van der Waals surface area contributed by atoms with Crippen LogP contribution in [0, 0.1) is 26.2 Å². The summed E-state index contributed by atoms with van der Waals surface area (Å²) in [6.07, 6.45) is 2.69. The summed E-state index contributed by atoms with van der Waals surface area (Å²) in [6, 6.07) is 9.19. The highest BCUT2D eigenvalue weighted by Gasteiger charge is 2.39. The summed E-state index contributed by atoms with van der Waals surface area (Å²) in [5, 5.41) is 7.60. The van der Waals surface area contributed by atoms with Gasteiger partial charge >= 0.3 is 0 Å². The van der Waals surface area contributed by atoms with Crippen molar-refractivity contribution in [1.29, 1.82) is 0 Å². The summed E-state index contributed by atoms with van der Waals surface area (Å²) >= 11 is 0. The van der Waals surface area contributed by atoms with Gasteiger partial charge in [-0.05, 0) is 68.0 Å². The SMILES string of the molecule is Cc1ccc2occ([C@@H]3Nc4cc(C)c(C)cc4NC4=C3C(=O)CC(C)(C)C4)c(=O)c2c1. The first kappa shape index (κ1) is 20.6. The Morgan fingerprint density at radius 2 is 1.69 bits per heavy atom. The Bertz CT molecular complexity index is 1380. The quantitative estimate of drug-likeness (QED) is 0.502. The molecule has 0 bridgehead atoms. The van der Waals surface area contributed by atoms with Crippen molar-refractivity contribution in [3.8, 4) is 0 Å². The summed E-state index contributed by atoms with van der Waals surface area (Å²) in [6.45, 7) is 10.3. The van der Waals surface area contributed by atoms with Gasteiger partial charge in [-0.2, -0.15) is 0 Å². The van der Waals surface area contributed by atoms with Crippen LogP contribution in [-0.2, 0) is 4.79 Å².